The molecule has 20 heavy (non-hydrogen) atoms. The van der Waals surface area contributed by atoms with Crippen molar-refractivity contribution < 1.29 is 13.9 Å². The number of carbonyl (C=O) groups is 1. The van der Waals surface area contributed by atoms with Crippen LogP contribution in [0.4, 0.5) is 0 Å². The summed E-state index contributed by atoms with van der Waals surface area (Å²) in [5.74, 6) is 1.51. The van der Waals surface area contributed by atoms with Gasteiger partial charge in [0.2, 0.25) is 5.91 Å². The highest BCUT2D eigenvalue weighted by atomic mass is 16.5. The van der Waals surface area contributed by atoms with Crippen molar-refractivity contribution in [2.45, 2.75) is 13.1 Å². The van der Waals surface area contributed by atoms with Crippen molar-refractivity contribution in [3.8, 4) is 5.75 Å². The average Bonchev–Trinajstić information content (AvgIpc) is 2.99. The van der Waals surface area contributed by atoms with Crippen LogP contribution in [-0.4, -0.2) is 19.6 Å². The maximum absolute atomic E-state index is 11.6. The number of amides is 1. The van der Waals surface area contributed by atoms with E-state index in [4.69, 9.17) is 9.15 Å². The van der Waals surface area contributed by atoms with Gasteiger partial charge in [0.1, 0.15) is 11.5 Å². The minimum absolute atomic E-state index is 0.0603. The van der Waals surface area contributed by atoms with E-state index in [2.05, 4.69) is 10.6 Å². The zero-order valence-electron chi connectivity index (χ0n) is 11.4. The minimum Gasteiger partial charge on any atom is -0.497 e. The fraction of sp³-hybridized carbons (Fsp3) is 0.267. The molecule has 0 aliphatic carbocycles. The van der Waals surface area contributed by atoms with Gasteiger partial charge < -0.3 is 19.8 Å². The second-order valence-electron chi connectivity index (χ2n) is 4.31. The molecule has 0 atom stereocenters. The fourth-order valence-electron chi connectivity index (χ4n) is 1.73. The average molecular weight is 274 g/mol. The highest BCUT2D eigenvalue weighted by Crippen LogP contribution is 2.10. The number of carbonyl (C=O) groups excluding carboxylic acids is 1. The zero-order chi connectivity index (χ0) is 14.2. The summed E-state index contributed by atoms with van der Waals surface area (Å²) in [4.78, 5) is 11.6. The highest BCUT2D eigenvalue weighted by molar-refractivity contribution is 5.77. The maximum atomic E-state index is 11.6. The molecule has 5 heteroatoms. The second-order valence-corrected chi connectivity index (χ2v) is 4.31. The molecule has 0 aliphatic heterocycles. The highest BCUT2D eigenvalue weighted by Gasteiger charge is 2.02. The Bertz CT molecular complexity index is 521. The van der Waals surface area contributed by atoms with Gasteiger partial charge in [0.05, 0.1) is 26.5 Å². The monoisotopic (exact) mass is 274 g/mol. The lowest BCUT2D eigenvalue weighted by Gasteiger charge is -2.06. The Kier molecular flexibility index (Phi) is 5.20. The van der Waals surface area contributed by atoms with Gasteiger partial charge in [0, 0.05) is 6.54 Å². The molecule has 0 bridgehead atoms. The molecule has 0 radical (unpaired) electrons. The standard InChI is InChI=1S/C15H18N2O3/c1-19-13-6-4-12(5-7-13)9-16-11-15(18)17-10-14-3-2-8-20-14/h2-8,16H,9-11H2,1H3,(H,17,18). The lowest BCUT2D eigenvalue weighted by molar-refractivity contribution is -0.120. The second kappa shape index (κ2) is 7.35. The molecule has 1 amide bonds. The Balaban J connectivity index is 1.65. The Morgan fingerprint density at radius 3 is 2.65 bits per heavy atom. The van der Waals surface area contributed by atoms with Crippen molar-refractivity contribution in [2.75, 3.05) is 13.7 Å². The normalized spacial score (nSPS) is 10.2. The van der Waals surface area contributed by atoms with Crippen LogP contribution in [0.2, 0.25) is 0 Å². The van der Waals surface area contributed by atoms with Crippen LogP contribution >= 0.6 is 0 Å². The van der Waals surface area contributed by atoms with E-state index in [1.165, 1.54) is 0 Å². The summed E-state index contributed by atoms with van der Waals surface area (Å²) < 4.78 is 10.2. The summed E-state index contributed by atoms with van der Waals surface area (Å²) in [6, 6.07) is 11.3. The van der Waals surface area contributed by atoms with Crippen molar-refractivity contribution in [2.24, 2.45) is 0 Å². The summed E-state index contributed by atoms with van der Waals surface area (Å²) in [6.07, 6.45) is 1.59. The number of hydrogen-bond donors (Lipinski definition) is 2. The zero-order valence-corrected chi connectivity index (χ0v) is 11.4. The molecular formula is C15H18N2O3. The Morgan fingerprint density at radius 2 is 2.00 bits per heavy atom. The Labute approximate surface area is 117 Å². The molecule has 2 rings (SSSR count). The largest absolute Gasteiger partial charge is 0.497 e. The summed E-state index contributed by atoms with van der Waals surface area (Å²) in [5, 5.41) is 5.86. The van der Waals surface area contributed by atoms with E-state index in [0.717, 1.165) is 17.1 Å². The molecule has 1 aromatic heterocycles. The summed E-state index contributed by atoms with van der Waals surface area (Å²) in [5.41, 5.74) is 1.10. The van der Waals surface area contributed by atoms with E-state index in [1.807, 2.05) is 30.3 Å². The SMILES string of the molecule is COc1ccc(CNCC(=O)NCc2ccco2)cc1. The third kappa shape index (κ3) is 4.44. The van der Waals surface area contributed by atoms with Crippen LogP contribution in [-0.2, 0) is 17.9 Å². The summed E-state index contributed by atoms with van der Waals surface area (Å²) in [7, 11) is 1.64. The van der Waals surface area contributed by atoms with Gasteiger partial charge in [-0.1, -0.05) is 12.1 Å². The lowest BCUT2D eigenvalue weighted by Crippen LogP contribution is -2.33. The summed E-state index contributed by atoms with van der Waals surface area (Å²) >= 11 is 0. The van der Waals surface area contributed by atoms with Gasteiger partial charge in [-0.25, -0.2) is 0 Å². The molecule has 1 heterocycles. The van der Waals surface area contributed by atoms with E-state index < -0.39 is 0 Å². The maximum Gasteiger partial charge on any atom is 0.234 e. The molecule has 2 aromatic rings. The molecule has 0 saturated carbocycles. The molecule has 0 fully saturated rings. The van der Waals surface area contributed by atoms with Gasteiger partial charge in [-0.05, 0) is 29.8 Å². The number of nitrogens with one attached hydrogen (secondary N) is 2. The first-order valence-corrected chi connectivity index (χ1v) is 6.40. The van der Waals surface area contributed by atoms with Crippen LogP contribution in [0.15, 0.2) is 47.1 Å². The summed E-state index contributed by atoms with van der Waals surface area (Å²) in [6.45, 7) is 1.32. The molecule has 0 unspecified atom stereocenters. The van der Waals surface area contributed by atoms with Crippen molar-refractivity contribution in [1.29, 1.82) is 0 Å². The predicted molar refractivity (Wildman–Crippen MR) is 75.3 cm³/mol. The fourth-order valence-corrected chi connectivity index (χ4v) is 1.73. The molecule has 5 nitrogen and oxygen atoms in total. The topological polar surface area (TPSA) is 63.5 Å². The number of ether oxygens (including phenoxy) is 1. The van der Waals surface area contributed by atoms with E-state index >= 15 is 0 Å². The van der Waals surface area contributed by atoms with Crippen LogP contribution < -0.4 is 15.4 Å². The van der Waals surface area contributed by atoms with E-state index in [9.17, 15) is 4.79 Å². The van der Waals surface area contributed by atoms with Gasteiger partial charge in [0.25, 0.3) is 0 Å². The van der Waals surface area contributed by atoms with Crippen molar-refractivity contribution in [3.05, 3.63) is 54.0 Å². The van der Waals surface area contributed by atoms with Crippen molar-refractivity contribution in [3.63, 3.8) is 0 Å². The smallest absolute Gasteiger partial charge is 0.234 e. The van der Waals surface area contributed by atoms with Gasteiger partial charge in [-0.3, -0.25) is 4.79 Å². The molecule has 1 aromatic carbocycles. The quantitative estimate of drug-likeness (QED) is 0.806. The Morgan fingerprint density at radius 1 is 1.20 bits per heavy atom. The number of furan rings is 1. The third-order valence-corrected chi connectivity index (χ3v) is 2.81. The van der Waals surface area contributed by atoms with Gasteiger partial charge in [0.15, 0.2) is 0 Å². The predicted octanol–water partition coefficient (Wildman–Crippen LogP) is 1.69. The molecule has 106 valence electrons. The van der Waals surface area contributed by atoms with Gasteiger partial charge >= 0.3 is 0 Å². The number of rotatable bonds is 7. The lowest BCUT2D eigenvalue weighted by atomic mass is 10.2. The molecule has 2 N–H and O–H groups in total. The van der Waals surface area contributed by atoms with E-state index in [0.29, 0.717) is 13.1 Å². The Hall–Kier alpha value is -2.27. The number of methoxy groups -OCH3 is 1. The van der Waals surface area contributed by atoms with Crippen LogP contribution in [0.25, 0.3) is 0 Å². The van der Waals surface area contributed by atoms with E-state index in [1.54, 1.807) is 19.4 Å². The van der Waals surface area contributed by atoms with Gasteiger partial charge in [-0.2, -0.15) is 0 Å². The minimum atomic E-state index is -0.0603. The first-order valence-electron chi connectivity index (χ1n) is 6.40. The first-order chi connectivity index (χ1) is 9.78. The molecule has 0 spiro atoms. The van der Waals surface area contributed by atoms with Crippen LogP contribution in [0.3, 0.4) is 0 Å². The first kappa shape index (κ1) is 14.1. The van der Waals surface area contributed by atoms with E-state index in [-0.39, 0.29) is 12.5 Å². The van der Waals surface area contributed by atoms with Crippen molar-refractivity contribution >= 4 is 5.91 Å². The van der Waals surface area contributed by atoms with Crippen LogP contribution in [0.5, 0.6) is 5.75 Å². The molecule has 0 aliphatic rings. The number of hydrogen-bond acceptors (Lipinski definition) is 4. The number of benzene rings is 1. The molecule has 0 saturated heterocycles. The molecular weight excluding hydrogens is 256 g/mol. The van der Waals surface area contributed by atoms with Gasteiger partial charge in [-0.15, -0.1) is 0 Å². The third-order valence-electron chi connectivity index (χ3n) is 2.81. The van der Waals surface area contributed by atoms with Crippen LogP contribution in [0, 0.1) is 0 Å². The van der Waals surface area contributed by atoms with Crippen molar-refractivity contribution in [1.82, 2.24) is 10.6 Å². The van der Waals surface area contributed by atoms with Crippen LogP contribution in [0.1, 0.15) is 11.3 Å².